The molecule has 4 heteroatoms. The van der Waals surface area contributed by atoms with Crippen LogP contribution in [-0.4, -0.2) is 37.0 Å². The second kappa shape index (κ2) is 6.53. The molecule has 3 rings (SSSR count). The maximum absolute atomic E-state index is 12.5. The highest BCUT2D eigenvalue weighted by Crippen LogP contribution is 2.19. The molecule has 1 heterocycles. The number of benzene rings is 2. The van der Waals surface area contributed by atoms with Crippen molar-refractivity contribution < 1.29 is 4.79 Å². The molecule has 0 N–H and O–H groups in total. The number of nitriles is 1. The van der Waals surface area contributed by atoms with Crippen molar-refractivity contribution in [3.8, 4) is 6.07 Å². The fourth-order valence-corrected chi connectivity index (χ4v) is 2.82. The van der Waals surface area contributed by atoms with Gasteiger partial charge in [0.1, 0.15) is 0 Å². The molecule has 1 amide bonds. The lowest BCUT2D eigenvalue weighted by Crippen LogP contribution is -2.48. The Labute approximate surface area is 136 Å². The van der Waals surface area contributed by atoms with Gasteiger partial charge in [0.15, 0.2) is 0 Å². The van der Waals surface area contributed by atoms with E-state index < -0.39 is 0 Å². The van der Waals surface area contributed by atoms with Crippen molar-refractivity contribution in [1.29, 1.82) is 5.26 Å². The minimum Gasteiger partial charge on any atom is -0.368 e. The van der Waals surface area contributed by atoms with Crippen LogP contribution in [0.15, 0.2) is 48.5 Å². The van der Waals surface area contributed by atoms with Crippen molar-refractivity contribution in [2.24, 2.45) is 0 Å². The maximum atomic E-state index is 12.5. The second-order valence-electron chi connectivity index (χ2n) is 5.81. The molecule has 2 aromatic rings. The third kappa shape index (κ3) is 3.35. The monoisotopic (exact) mass is 305 g/mol. The Bertz CT molecular complexity index is 738. The molecular formula is C19H19N3O. The number of aryl methyl sites for hydroxylation is 1. The van der Waals surface area contributed by atoms with Crippen LogP contribution >= 0.6 is 0 Å². The van der Waals surface area contributed by atoms with Gasteiger partial charge in [0.2, 0.25) is 0 Å². The fraction of sp³-hybridized carbons (Fsp3) is 0.263. The smallest absolute Gasteiger partial charge is 0.253 e. The third-order valence-corrected chi connectivity index (χ3v) is 4.21. The van der Waals surface area contributed by atoms with Crippen LogP contribution in [0, 0.1) is 18.3 Å². The molecular weight excluding hydrogens is 286 g/mol. The molecule has 0 saturated carbocycles. The topological polar surface area (TPSA) is 47.3 Å². The van der Waals surface area contributed by atoms with Gasteiger partial charge >= 0.3 is 0 Å². The Balaban J connectivity index is 1.65. The van der Waals surface area contributed by atoms with Crippen LogP contribution in [-0.2, 0) is 0 Å². The molecule has 0 bridgehead atoms. The third-order valence-electron chi connectivity index (χ3n) is 4.21. The van der Waals surface area contributed by atoms with Gasteiger partial charge in [-0.3, -0.25) is 4.79 Å². The average molecular weight is 305 g/mol. The number of anilines is 1. The molecule has 0 radical (unpaired) electrons. The van der Waals surface area contributed by atoms with Gasteiger partial charge in [-0.1, -0.05) is 23.8 Å². The van der Waals surface area contributed by atoms with Gasteiger partial charge in [-0.05, 0) is 37.3 Å². The van der Waals surface area contributed by atoms with E-state index in [4.69, 9.17) is 5.26 Å². The van der Waals surface area contributed by atoms with E-state index in [2.05, 4.69) is 11.0 Å². The number of amides is 1. The van der Waals surface area contributed by atoms with Gasteiger partial charge < -0.3 is 9.80 Å². The van der Waals surface area contributed by atoms with E-state index in [1.807, 2.05) is 54.3 Å². The van der Waals surface area contributed by atoms with Crippen LogP contribution < -0.4 is 4.90 Å². The predicted molar refractivity (Wildman–Crippen MR) is 90.5 cm³/mol. The first-order valence-electron chi connectivity index (χ1n) is 7.78. The first-order valence-corrected chi connectivity index (χ1v) is 7.78. The van der Waals surface area contributed by atoms with Crippen molar-refractivity contribution in [3.63, 3.8) is 0 Å². The van der Waals surface area contributed by atoms with E-state index in [0.29, 0.717) is 18.7 Å². The zero-order valence-electron chi connectivity index (χ0n) is 13.2. The highest BCUT2D eigenvalue weighted by atomic mass is 16.2. The molecule has 0 spiro atoms. The normalized spacial score (nSPS) is 14.4. The lowest BCUT2D eigenvalue weighted by Gasteiger charge is -2.36. The number of rotatable bonds is 2. The summed E-state index contributed by atoms with van der Waals surface area (Å²) in [6.45, 7) is 4.98. The summed E-state index contributed by atoms with van der Waals surface area (Å²) >= 11 is 0. The minimum atomic E-state index is 0.0930. The molecule has 1 fully saturated rings. The number of carbonyl (C=O) groups is 1. The Kier molecular flexibility index (Phi) is 4.29. The fourth-order valence-electron chi connectivity index (χ4n) is 2.82. The maximum Gasteiger partial charge on any atom is 0.253 e. The van der Waals surface area contributed by atoms with Gasteiger partial charge in [0.05, 0.1) is 11.6 Å². The molecule has 1 aliphatic rings. The summed E-state index contributed by atoms with van der Waals surface area (Å²) in [7, 11) is 0. The largest absolute Gasteiger partial charge is 0.368 e. The molecule has 1 saturated heterocycles. The van der Waals surface area contributed by atoms with Crippen LogP contribution in [0.2, 0.25) is 0 Å². The summed E-state index contributed by atoms with van der Waals surface area (Å²) in [5.74, 6) is 0.0930. The van der Waals surface area contributed by atoms with Crippen molar-refractivity contribution in [3.05, 3.63) is 65.2 Å². The molecule has 0 atom stereocenters. The summed E-state index contributed by atoms with van der Waals surface area (Å²) in [4.78, 5) is 16.6. The number of hydrogen-bond acceptors (Lipinski definition) is 3. The average Bonchev–Trinajstić information content (AvgIpc) is 2.62. The van der Waals surface area contributed by atoms with Crippen LogP contribution in [0.1, 0.15) is 21.5 Å². The van der Waals surface area contributed by atoms with Crippen molar-refractivity contribution in [1.82, 2.24) is 4.90 Å². The van der Waals surface area contributed by atoms with Crippen LogP contribution in [0.4, 0.5) is 5.69 Å². The highest BCUT2D eigenvalue weighted by molar-refractivity contribution is 5.94. The molecule has 23 heavy (non-hydrogen) atoms. The zero-order valence-corrected chi connectivity index (χ0v) is 13.2. The Morgan fingerprint density at radius 3 is 2.39 bits per heavy atom. The molecule has 0 aromatic heterocycles. The summed E-state index contributed by atoms with van der Waals surface area (Å²) in [6.07, 6.45) is 0. The zero-order chi connectivity index (χ0) is 16.2. The molecule has 2 aromatic carbocycles. The van der Waals surface area contributed by atoms with Crippen LogP contribution in [0.25, 0.3) is 0 Å². The van der Waals surface area contributed by atoms with Crippen LogP contribution in [0.5, 0.6) is 0 Å². The van der Waals surface area contributed by atoms with E-state index in [9.17, 15) is 4.79 Å². The minimum absolute atomic E-state index is 0.0930. The van der Waals surface area contributed by atoms with E-state index in [-0.39, 0.29) is 5.91 Å². The summed E-state index contributed by atoms with van der Waals surface area (Å²) in [5.41, 5.74) is 3.62. The van der Waals surface area contributed by atoms with Gasteiger partial charge in [0.25, 0.3) is 5.91 Å². The first kappa shape index (κ1) is 15.1. The number of hydrogen-bond donors (Lipinski definition) is 0. The van der Waals surface area contributed by atoms with Crippen LogP contribution in [0.3, 0.4) is 0 Å². The van der Waals surface area contributed by atoms with E-state index in [1.54, 1.807) is 6.07 Å². The predicted octanol–water partition coefficient (Wildman–Crippen LogP) is 2.83. The summed E-state index contributed by atoms with van der Waals surface area (Å²) in [5, 5.41) is 9.00. The highest BCUT2D eigenvalue weighted by Gasteiger charge is 2.22. The quantitative estimate of drug-likeness (QED) is 0.857. The number of carbonyl (C=O) groups excluding carboxylic acids is 1. The second-order valence-corrected chi connectivity index (χ2v) is 5.81. The molecule has 4 nitrogen and oxygen atoms in total. The lowest BCUT2D eigenvalue weighted by molar-refractivity contribution is 0.0747. The lowest BCUT2D eigenvalue weighted by atomic mass is 10.1. The molecule has 1 aliphatic heterocycles. The Hall–Kier alpha value is -2.80. The first-order chi connectivity index (χ1) is 11.2. The van der Waals surface area contributed by atoms with Crippen molar-refractivity contribution in [2.75, 3.05) is 31.1 Å². The van der Waals surface area contributed by atoms with Gasteiger partial charge in [0, 0.05) is 37.4 Å². The van der Waals surface area contributed by atoms with E-state index in [0.717, 1.165) is 29.9 Å². The molecule has 116 valence electrons. The molecule has 0 unspecified atom stereocenters. The van der Waals surface area contributed by atoms with Crippen molar-refractivity contribution in [2.45, 2.75) is 6.92 Å². The van der Waals surface area contributed by atoms with Gasteiger partial charge in [-0.2, -0.15) is 5.26 Å². The number of piperazine rings is 1. The summed E-state index contributed by atoms with van der Waals surface area (Å²) in [6, 6.07) is 17.5. The van der Waals surface area contributed by atoms with E-state index >= 15 is 0 Å². The Morgan fingerprint density at radius 1 is 1.04 bits per heavy atom. The van der Waals surface area contributed by atoms with Gasteiger partial charge in [-0.15, -0.1) is 0 Å². The van der Waals surface area contributed by atoms with E-state index in [1.165, 1.54) is 0 Å². The summed E-state index contributed by atoms with van der Waals surface area (Å²) < 4.78 is 0. The van der Waals surface area contributed by atoms with Gasteiger partial charge in [-0.25, -0.2) is 0 Å². The number of nitrogens with zero attached hydrogens (tertiary/aromatic N) is 3. The Morgan fingerprint density at radius 2 is 1.74 bits per heavy atom. The van der Waals surface area contributed by atoms with Crippen molar-refractivity contribution >= 4 is 11.6 Å². The SMILES string of the molecule is Cc1ccc(C(=O)N2CCN(c3cccc(C#N)c3)CC2)cc1. The standard InChI is InChI=1S/C19H19N3O/c1-15-5-7-17(8-6-15)19(23)22-11-9-21(10-12-22)18-4-2-3-16(13-18)14-20/h2-8,13H,9-12H2,1H3. The molecule has 0 aliphatic carbocycles.